The maximum Gasteiger partial charge on any atom is 0.168 e. The van der Waals surface area contributed by atoms with E-state index in [1.54, 1.807) is 21.3 Å². The van der Waals surface area contributed by atoms with Crippen LogP contribution in [0.2, 0.25) is 0 Å². The van der Waals surface area contributed by atoms with E-state index >= 15 is 0 Å². The number of likely N-dealkylation sites (N-methyl/N-ethyl adjacent to an activating group) is 1. The summed E-state index contributed by atoms with van der Waals surface area (Å²) < 4.78 is 16.1. The normalized spacial score (nSPS) is 23.0. The number of quaternary nitrogens is 1. The molecule has 1 aliphatic carbocycles. The molecule has 138 valence electrons. The van der Waals surface area contributed by atoms with Gasteiger partial charge in [0.2, 0.25) is 0 Å². The first-order chi connectivity index (χ1) is 12.4. The Balaban J connectivity index is 2.12. The zero-order chi connectivity index (χ0) is 18.6. The summed E-state index contributed by atoms with van der Waals surface area (Å²) in [5.41, 5.74) is 4.36. The summed E-state index contributed by atoms with van der Waals surface area (Å²) >= 11 is 0. The summed E-state index contributed by atoms with van der Waals surface area (Å²) in [6.45, 7) is 0.508. The number of hydroxylamine groups is 3. The van der Waals surface area contributed by atoms with E-state index in [0.717, 1.165) is 22.3 Å². The third-order valence-corrected chi connectivity index (χ3v) is 5.72. The Kier molecular flexibility index (Phi) is 3.78. The first-order valence-corrected chi connectivity index (χ1v) is 8.66. The van der Waals surface area contributed by atoms with Crippen molar-refractivity contribution in [1.29, 1.82) is 0 Å². The molecule has 2 aromatic carbocycles. The number of rotatable bonds is 3. The summed E-state index contributed by atoms with van der Waals surface area (Å²) in [6, 6.07) is 5.40. The van der Waals surface area contributed by atoms with Gasteiger partial charge >= 0.3 is 0 Å². The largest absolute Gasteiger partial charge is 0.633 e. The number of aromatic hydroxyl groups is 1. The van der Waals surface area contributed by atoms with E-state index in [1.807, 2.05) is 18.2 Å². The summed E-state index contributed by atoms with van der Waals surface area (Å²) in [7, 11) is 6.42. The molecule has 6 nitrogen and oxygen atoms in total. The van der Waals surface area contributed by atoms with Crippen molar-refractivity contribution in [2.45, 2.75) is 18.9 Å². The fourth-order valence-electron chi connectivity index (χ4n) is 4.40. The summed E-state index contributed by atoms with van der Waals surface area (Å²) in [6.07, 6.45) is 1.25. The molecule has 1 unspecified atom stereocenters. The highest BCUT2D eigenvalue weighted by atomic mass is 16.5. The van der Waals surface area contributed by atoms with Gasteiger partial charge in [-0.25, -0.2) is 0 Å². The molecule has 0 fully saturated rings. The molecule has 0 radical (unpaired) electrons. The fourth-order valence-corrected chi connectivity index (χ4v) is 4.40. The van der Waals surface area contributed by atoms with Crippen molar-refractivity contribution in [3.8, 4) is 34.1 Å². The Morgan fingerprint density at radius 2 is 1.77 bits per heavy atom. The number of phenolic OH excluding ortho intramolecular Hbond substituents is 1. The summed E-state index contributed by atoms with van der Waals surface area (Å²) in [5.74, 6) is 1.62. The highest BCUT2D eigenvalue weighted by Crippen LogP contribution is 2.57. The van der Waals surface area contributed by atoms with Crippen LogP contribution in [0.4, 0.5) is 0 Å². The Morgan fingerprint density at radius 1 is 1.04 bits per heavy atom. The second-order valence-corrected chi connectivity index (χ2v) is 7.08. The van der Waals surface area contributed by atoms with Crippen molar-refractivity contribution in [3.63, 3.8) is 0 Å². The van der Waals surface area contributed by atoms with Gasteiger partial charge in [-0.05, 0) is 23.3 Å². The topological polar surface area (TPSA) is 71.0 Å². The van der Waals surface area contributed by atoms with Crippen LogP contribution in [0.15, 0.2) is 18.2 Å². The standard InChI is InChI=1S/C20H23NO5/c1-21(23)8-7-12-10-15(25-3)19(22)18-16(12)13(21)9-11-5-6-14(24-2)20(26-4)17(11)18/h5-6,10,13,22H,7-9H2,1-4H3/t13-,21?/m0/s1. The minimum absolute atomic E-state index is 0.0469. The van der Waals surface area contributed by atoms with Crippen LogP contribution in [-0.2, 0) is 12.8 Å². The number of hydrogen-bond donors (Lipinski definition) is 1. The van der Waals surface area contributed by atoms with Crippen LogP contribution in [0, 0.1) is 5.21 Å². The molecule has 6 heteroatoms. The van der Waals surface area contributed by atoms with E-state index in [0.29, 0.717) is 42.2 Å². The minimum Gasteiger partial charge on any atom is -0.633 e. The maximum atomic E-state index is 13.2. The van der Waals surface area contributed by atoms with E-state index in [2.05, 4.69) is 0 Å². The minimum atomic E-state index is -0.348. The van der Waals surface area contributed by atoms with Crippen molar-refractivity contribution in [2.24, 2.45) is 0 Å². The lowest BCUT2D eigenvalue weighted by Gasteiger charge is -2.51. The number of phenols is 1. The average Bonchev–Trinajstić information content (AvgIpc) is 2.64. The van der Waals surface area contributed by atoms with Gasteiger partial charge in [0.15, 0.2) is 23.0 Å². The van der Waals surface area contributed by atoms with Crippen molar-refractivity contribution in [2.75, 3.05) is 34.9 Å². The van der Waals surface area contributed by atoms with Crippen molar-refractivity contribution < 1.29 is 24.0 Å². The van der Waals surface area contributed by atoms with Gasteiger partial charge in [-0.15, -0.1) is 0 Å². The van der Waals surface area contributed by atoms with Gasteiger partial charge in [-0.1, -0.05) is 6.07 Å². The SMILES string of the molecule is COc1cc2c3c(c1O)-c1c(ccc(OC)c1OC)C[C@@H]3[N+](C)([O-])CC2. The first-order valence-electron chi connectivity index (χ1n) is 8.66. The van der Waals surface area contributed by atoms with Crippen LogP contribution >= 0.6 is 0 Å². The first kappa shape index (κ1) is 17.0. The average molecular weight is 357 g/mol. The molecule has 0 aromatic heterocycles. The Hall–Kier alpha value is -2.44. The van der Waals surface area contributed by atoms with E-state index in [1.165, 1.54) is 7.11 Å². The molecule has 2 aromatic rings. The van der Waals surface area contributed by atoms with Gasteiger partial charge in [0.25, 0.3) is 0 Å². The highest BCUT2D eigenvalue weighted by molar-refractivity contribution is 5.88. The van der Waals surface area contributed by atoms with E-state index in [-0.39, 0.29) is 16.4 Å². The molecule has 2 atom stereocenters. The number of fused-ring (bicyclic) bond motifs is 2. The molecule has 0 amide bonds. The van der Waals surface area contributed by atoms with Crippen LogP contribution in [-0.4, -0.2) is 44.7 Å². The molecular weight excluding hydrogens is 334 g/mol. The van der Waals surface area contributed by atoms with E-state index in [9.17, 15) is 10.3 Å². The number of methoxy groups -OCH3 is 3. The lowest BCUT2D eigenvalue weighted by molar-refractivity contribution is -0.894. The molecule has 2 aliphatic rings. The van der Waals surface area contributed by atoms with Crippen molar-refractivity contribution in [1.82, 2.24) is 0 Å². The predicted octanol–water partition coefficient (Wildman–Crippen LogP) is 3.18. The van der Waals surface area contributed by atoms with Gasteiger partial charge in [0.05, 0.1) is 34.9 Å². The molecule has 26 heavy (non-hydrogen) atoms. The number of benzene rings is 2. The number of ether oxygens (including phenoxy) is 3. The van der Waals surface area contributed by atoms with Gasteiger partial charge in [0.1, 0.15) is 6.04 Å². The third kappa shape index (κ3) is 2.19. The second kappa shape index (κ2) is 5.79. The molecule has 1 aliphatic heterocycles. The van der Waals surface area contributed by atoms with E-state index in [4.69, 9.17) is 14.2 Å². The van der Waals surface area contributed by atoms with Gasteiger partial charge in [-0.3, -0.25) is 0 Å². The van der Waals surface area contributed by atoms with Crippen LogP contribution in [0.25, 0.3) is 11.1 Å². The van der Waals surface area contributed by atoms with Gasteiger partial charge in [0, 0.05) is 29.5 Å². The molecule has 4 rings (SSSR count). The van der Waals surface area contributed by atoms with Crippen molar-refractivity contribution in [3.05, 3.63) is 40.1 Å². The molecule has 0 bridgehead atoms. The van der Waals surface area contributed by atoms with Crippen LogP contribution in [0.3, 0.4) is 0 Å². The zero-order valence-corrected chi connectivity index (χ0v) is 15.5. The summed E-state index contributed by atoms with van der Waals surface area (Å²) in [5, 5.41) is 24.1. The molecule has 0 saturated carbocycles. The van der Waals surface area contributed by atoms with E-state index < -0.39 is 0 Å². The Bertz CT molecular complexity index is 891. The van der Waals surface area contributed by atoms with Crippen LogP contribution in [0.1, 0.15) is 22.7 Å². The molecule has 1 heterocycles. The van der Waals surface area contributed by atoms with Crippen LogP contribution in [0.5, 0.6) is 23.0 Å². The third-order valence-electron chi connectivity index (χ3n) is 5.72. The maximum absolute atomic E-state index is 13.2. The zero-order valence-electron chi connectivity index (χ0n) is 15.5. The van der Waals surface area contributed by atoms with Crippen molar-refractivity contribution >= 4 is 0 Å². The monoisotopic (exact) mass is 357 g/mol. The summed E-state index contributed by atoms with van der Waals surface area (Å²) in [4.78, 5) is 0. The molecule has 0 spiro atoms. The lowest BCUT2D eigenvalue weighted by atomic mass is 9.76. The molecule has 0 saturated heterocycles. The highest BCUT2D eigenvalue weighted by Gasteiger charge is 2.42. The smallest absolute Gasteiger partial charge is 0.168 e. The number of hydrogen-bond acceptors (Lipinski definition) is 5. The Morgan fingerprint density at radius 3 is 2.42 bits per heavy atom. The van der Waals surface area contributed by atoms with Gasteiger partial charge < -0.3 is 29.2 Å². The quantitative estimate of drug-likeness (QED) is 0.675. The molecular formula is C20H23NO5. The van der Waals surface area contributed by atoms with Gasteiger partial charge in [-0.2, -0.15) is 0 Å². The second-order valence-electron chi connectivity index (χ2n) is 7.08. The Labute approximate surface area is 152 Å². The fraction of sp³-hybridized carbons (Fsp3) is 0.400. The van der Waals surface area contributed by atoms with Crippen LogP contribution < -0.4 is 14.2 Å². The molecule has 1 N–H and O–H groups in total. The predicted molar refractivity (Wildman–Crippen MR) is 97.8 cm³/mol. The lowest BCUT2D eigenvalue weighted by Crippen LogP contribution is -2.48. The number of nitrogens with zero attached hydrogens (tertiary/aromatic N) is 1.